The minimum atomic E-state index is -2.88. The number of benzene rings is 2. The Bertz CT molecular complexity index is 1220. The first kappa shape index (κ1) is 25.2. The SMILES string of the molecule is CC1(C)OB(c2ccc(C3(C4CCC(F)(F)CC4)C(=O)Nc4c3ccc(F)c4F)cc2F)OC1(C)C. The molecule has 3 aliphatic rings. The molecule has 2 aromatic carbocycles. The van der Waals surface area contributed by atoms with Gasteiger partial charge < -0.3 is 14.6 Å². The zero-order chi connectivity index (χ0) is 26.3. The Hall–Kier alpha value is -2.46. The smallest absolute Gasteiger partial charge is 0.399 e. The van der Waals surface area contributed by atoms with Crippen molar-refractivity contribution in [2.75, 3.05) is 5.32 Å². The van der Waals surface area contributed by atoms with E-state index in [-0.39, 0.29) is 35.1 Å². The fraction of sp³-hybridized carbons (Fsp3) is 0.500. The van der Waals surface area contributed by atoms with E-state index in [0.717, 1.165) is 12.1 Å². The van der Waals surface area contributed by atoms with E-state index >= 15 is 4.39 Å². The quantitative estimate of drug-likeness (QED) is 0.443. The van der Waals surface area contributed by atoms with Gasteiger partial charge in [0.15, 0.2) is 11.6 Å². The summed E-state index contributed by atoms with van der Waals surface area (Å²) < 4.78 is 84.3. The zero-order valence-corrected chi connectivity index (χ0v) is 20.5. The van der Waals surface area contributed by atoms with Gasteiger partial charge in [0.25, 0.3) is 0 Å². The molecule has 1 aliphatic carbocycles. The van der Waals surface area contributed by atoms with Crippen LogP contribution >= 0.6 is 0 Å². The summed E-state index contributed by atoms with van der Waals surface area (Å²) in [6.07, 6.45) is -1.00. The van der Waals surface area contributed by atoms with Crippen LogP contribution in [-0.2, 0) is 19.5 Å². The van der Waals surface area contributed by atoms with Crippen LogP contribution in [0.25, 0.3) is 0 Å². The van der Waals surface area contributed by atoms with Crippen LogP contribution in [0.2, 0.25) is 0 Å². The first-order chi connectivity index (χ1) is 16.7. The maximum atomic E-state index is 15.6. The monoisotopic (exact) mass is 507 g/mol. The molecule has 5 rings (SSSR count). The largest absolute Gasteiger partial charge is 0.497 e. The maximum Gasteiger partial charge on any atom is 0.497 e. The van der Waals surface area contributed by atoms with E-state index in [1.54, 1.807) is 0 Å². The van der Waals surface area contributed by atoms with Gasteiger partial charge in [0.2, 0.25) is 11.8 Å². The third-order valence-electron chi connectivity index (χ3n) is 8.41. The second kappa shape index (κ2) is 8.02. The Morgan fingerprint density at radius 3 is 2.11 bits per heavy atom. The van der Waals surface area contributed by atoms with Crippen LogP contribution in [0.3, 0.4) is 0 Å². The number of halogens is 5. The van der Waals surface area contributed by atoms with Gasteiger partial charge in [-0.1, -0.05) is 18.2 Å². The van der Waals surface area contributed by atoms with Crippen LogP contribution in [0.5, 0.6) is 0 Å². The predicted octanol–water partition coefficient (Wildman–Crippen LogP) is 5.47. The Kier molecular flexibility index (Phi) is 5.62. The van der Waals surface area contributed by atoms with E-state index < -0.39 is 71.8 Å². The lowest BCUT2D eigenvalue weighted by Crippen LogP contribution is -2.46. The first-order valence-electron chi connectivity index (χ1n) is 12.0. The van der Waals surface area contributed by atoms with Crippen molar-refractivity contribution in [3.05, 3.63) is 58.9 Å². The molecule has 1 unspecified atom stereocenters. The van der Waals surface area contributed by atoms with Crippen molar-refractivity contribution in [3.8, 4) is 0 Å². The van der Waals surface area contributed by atoms with E-state index in [1.807, 2.05) is 27.7 Å². The molecule has 2 aromatic rings. The second-order valence-electron chi connectivity index (χ2n) is 11.0. The van der Waals surface area contributed by atoms with E-state index in [2.05, 4.69) is 5.32 Å². The van der Waals surface area contributed by atoms with Gasteiger partial charge >= 0.3 is 7.12 Å². The molecular weight excluding hydrogens is 480 g/mol. The fourth-order valence-electron chi connectivity index (χ4n) is 5.67. The molecule has 2 fully saturated rings. The number of amides is 1. The van der Waals surface area contributed by atoms with E-state index in [0.29, 0.717) is 0 Å². The molecule has 1 N–H and O–H groups in total. The van der Waals surface area contributed by atoms with Gasteiger partial charge in [0, 0.05) is 18.3 Å². The van der Waals surface area contributed by atoms with E-state index in [9.17, 15) is 22.4 Å². The normalized spacial score (nSPS) is 26.7. The van der Waals surface area contributed by atoms with E-state index in [4.69, 9.17) is 9.31 Å². The van der Waals surface area contributed by atoms with Crippen molar-refractivity contribution in [1.29, 1.82) is 0 Å². The van der Waals surface area contributed by atoms with Crippen LogP contribution < -0.4 is 10.8 Å². The summed E-state index contributed by atoms with van der Waals surface area (Å²) in [7, 11) is -0.996. The van der Waals surface area contributed by atoms with Gasteiger partial charge in [-0.05, 0) is 69.7 Å². The van der Waals surface area contributed by atoms with Crippen LogP contribution in [0.15, 0.2) is 30.3 Å². The van der Waals surface area contributed by atoms with Gasteiger partial charge in [-0.15, -0.1) is 0 Å². The third kappa shape index (κ3) is 3.59. The molecule has 0 radical (unpaired) electrons. The highest BCUT2D eigenvalue weighted by molar-refractivity contribution is 6.62. The van der Waals surface area contributed by atoms with Crippen LogP contribution in [0.1, 0.15) is 64.5 Å². The average Bonchev–Trinajstić information content (AvgIpc) is 3.20. The van der Waals surface area contributed by atoms with Crippen molar-refractivity contribution in [2.24, 2.45) is 5.92 Å². The number of alkyl halides is 2. The number of carbonyl (C=O) groups excluding carboxylic acids is 1. The Labute approximate surface area is 206 Å². The Balaban J connectivity index is 1.63. The highest BCUT2D eigenvalue weighted by atomic mass is 19.3. The Morgan fingerprint density at radius 1 is 0.917 bits per heavy atom. The number of anilines is 1. The van der Waals surface area contributed by atoms with Gasteiger partial charge in [-0.25, -0.2) is 22.0 Å². The summed E-state index contributed by atoms with van der Waals surface area (Å²) in [5.41, 5.74) is -3.00. The molecule has 4 nitrogen and oxygen atoms in total. The molecule has 2 aliphatic heterocycles. The number of rotatable bonds is 3. The van der Waals surface area contributed by atoms with Crippen LogP contribution in [-0.4, -0.2) is 30.2 Å². The number of carbonyl (C=O) groups is 1. The lowest BCUT2D eigenvalue weighted by molar-refractivity contribution is -0.123. The van der Waals surface area contributed by atoms with E-state index in [1.165, 1.54) is 18.2 Å². The highest BCUT2D eigenvalue weighted by Crippen LogP contribution is 2.54. The lowest BCUT2D eigenvalue weighted by atomic mass is 9.61. The molecule has 1 saturated heterocycles. The summed E-state index contributed by atoms with van der Waals surface area (Å²) >= 11 is 0. The number of nitrogens with one attached hydrogen (secondary N) is 1. The molecular formula is C26H27BF5NO3. The minimum absolute atomic E-state index is 0.0422. The van der Waals surface area contributed by atoms with Gasteiger partial charge in [0.1, 0.15) is 11.2 Å². The number of fused-ring (bicyclic) bond motifs is 1. The summed E-state index contributed by atoms with van der Waals surface area (Å²) in [6.45, 7) is 7.34. The van der Waals surface area contributed by atoms with Crippen LogP contribution in [0.4, 0.5) is 27.6 Å². The molecule has 0 bridgehead atoms. The van der Waals surface area contributed by atoms with Crippen molar-refractivity contribution in [1.82, 2.24) is 0 Å². The summed E-state index contributed by atoms with van der Waals surface area (Å²) in [5.74, 6) is -7.35. The molecule has 10 heteroatoms. The molecule has 0 aromatic heterocycles. The summed E-state index contributed by atoms with van der Waals surface area (Å²) in [6, 6.07) is 6.29. The fourth-order valence-corrected chi connectivity index (χ4v) is 5.67. The standard InChI is InChI=1S/C26H27BF5NO3/c1-23(2)24(3,4)36-27(35-23)17-7-5-15(13-19(17)29)26(14-9-11-25(31,32)12-10-14)16-6-8-18(28)20(30)21(16)33-22(26)34/h5-8,13-14H,9-12H2,1-4H3,(H,33,34). The molecule has 0 spiro atoms. The topological polar surface area (TPSA) is 47.6 Å². The van der Waals surface area contributed by atoms with Crippen molar-refractivity contribution in [3.63, 3.8) is 0 Å². The lowest BCUT2D eigenvalue weighted by Gasteiger charge is -2.40. The van der Waals surface area contributed by atoms with Gasteiger partial charge in [-0.3, -0.25) is 4.79 Å². The molecule has 1 saturated carbocycles. The highest BCUT2D eigenvalue weighted by Gasteiger charge is 2.57. The summed E-state index contributed by atoms with van der Waals surface area (Å²) in [5, 5.41) is 2.41. The Morgan fingerprint density at radius 2 is 1.53 bits per heavy atom. The zero-order valence-electron chi connectivity index (χ0n) is 20.5. The van der Waals surface area contributed by atoms with Gasteiger partial charge in [-0.2, -0.15) is 0 Å². The minimum Gasteiger partial charge on any atom is -0.399 e. The predicted molar refractivity (Wildman–Crippen MR) is 125 cm³/mol. The van der Waals surface area contributed by atoms with Crippen molar-refractivity contribution >= 4 is 24.2 Å². The van der Waals surface area contributed by atoms with Crippen molar-refractivity contribution in [2.45, 2.75) is 75.9 Å². The van der Waals surface area contributed by atoms with Gasteiger partial charge in [0.05, 0.1) is 16.9 Å². The van der Waals surface area contributed by atoms with Crippen molar-refractivity contribution < 1.29 is 36.1 Å². The third-order valence-corrected chi connectivity index (χ3v) is 8.41. The maximum absolute atomic E-state index is 15.6. The molecule has 1 atom stereocenters. The second-order valence-corrected chi connectivity index (χ2v) is 11.0. The summed E-state index contributed by atoms with van der Waals surface area (Å²) in [4.78, 5) is 13.5. The first-order valence-corrected chi connectivity index (χ1v) is 12.0. The molecule has 36 heavy (non-hydrogen) atoms. The molecule has 192 valence electrons. The molecule has 2 heterocycles. The number of hydrogen-bond donors (Lipinski definition) is 1. The molecule has 1 amide bonds. The average molecular weight is 507 g/mol. The van der Waals surface area contributed by atoms with Crippen LogP contribution in [0, 0.1) is 23.4 Å². The number of hydrogen-bond acceptors (Lipinski definition) is 3.